The van der Waals surface area contributed by atoms with Gasteiger partial charge in [-0.2, -0.15) is 0 Å². The quantitative estimate of drug-likeness (QED) is 0.160. The van der Waals surface area contributed by atoms with Gasteiger partial charge in [0.05, 0.1) is 16.2 Å². The number of aliphatic imine (C=N–C) groups is 1. The van der Waals surface area contributed by atoms with E-state index >= 15 is 0 Å². The van der Waals surface area contributed by atoms with Crippen molar-refractivity contribution < 1.29 is 0 Å². The van der Waals surface area contributed by atoms with E-state index in [2.05, 4.69) is 34.4 Å². The van der Waals surface area contributed by atoms with E-state index in [9.17, 15) is 0 Å². The van der Waals surface area contributed by atoms with Crippen LogP contribution in [-0.4, -0.2) is 38.7 Å². The molecule has 1 atom stereocenters. The molecule has 0 saturated heterocycles. The first-order chi connectivity index (χ1) is 11.5. The lowest BCUT2D eigenvalue weighted by atomic mass is 10.3. The summed E-state index contributed by atoms with van der Waals surface area (Å²) in [5.74, 6) is 0.916. The largest absolute Gasteiger partial charge is 0.370 e. The van der Waals surface area contributed by atoms with Gasteiger partial charge in [-0.1, -0.05) is 41.9 Å². The van der Waals surface area contributed by atoms with Crippen LogP contribution in [0.4, 0.5) is 0 Å². The fraction of sp³-hybridized carbons (Fsp3) is 0.500. The van der Waals surface area contributed by atoms with Gasteiger partial charge < -0.3 is 16.0 Å². The van der Waals surface area contributed by atoms with Crippen molar-refractivity contribution in [2.24, 2.45) is 4.99 Å². The average Bonchev–Trinajstić information content (AvgIpc) is 2.59. The van der Waals surface area contributed by atoms with Crippen molar-refractivity contribution in [3.8, 4) is 0 Å². The summed E-state index contributed by atoms with van der Waals surface area (Å²) in [4.78, 5) is 4.15. The van der Waals surface area contributed by atoms with Gasteiger partial charge in [-0.15, -0.1) is 0 Å². The molecule has 0 fully saturated rings. The topological polar surface area (TPSA) is 48.4 Å². The molecule has 0 amide bonds. The van der Waals surface area contributed by atoms with E-state index in [0.29, 0.717) is 10.1 Å². The smallest absolute Gasteiger partial charge is 0.120 e. The van der Waals surface area contributed by atoms with Crippen LogP contribution in [-0.2, 0) is 0 Å². The normalized spacial score (nSPS) is 15.0. The standard InChI is InChI=1S/C18H30Cl2N4/c1-5-10-18(21-4)24-14-9-13-23-15(3)22-12-8-7-11-17(20)16(19)6-2/h5-7,10-11,15,22-23H,2,8-9,12-14H2,1,3-4H3,(H,21,24)/b10-5-,11-7+,17-16-. The number of halogens is 2. The molecule has 0 rings (SSSR count). The third-order valence-electron chi connectivity index (χ3n) is 3.11. The van der Waals surface area contributed by atoms with Gasteiger partial charge in [0.2, 0.25) is 0 Å². The van der Waals surface area contributed by atoms with Crippen molar-refractivity contribution in [3.05, 3.63) is 47.0 Å². The second kappa shape index (κ2) is 15.5. The lowest BCUT2D eigenvalue weighted by molar-refractivity contribution is 0.453. The minimum Gasteiger partial charge on any atom is -0.370 e. The first-order valence-corrected chi connectivity index (χ1v) is 8.95. The monoisotopic (exact) mass is 372 g/mol. The molecule has 0 aromatic carbocycles. The van der Waals surface area contributed by atoms with Crippen LogP contribution in [0.1, 0.15) is 26.7 Å². The third-order valence-corrected chi connectivity index (χ3v) is 3.89. The highest BCUT2D eigenvalue weighted by Gasteiger charge is 1.99. The zero-order valence-electron chi connectivity index (χ0n) is 14.9. The number of hydrogen-bond donors (Lipinski definition) is 3. The number of hydrogen-bond acceptors (Lipinski definition) is 3. The van der Waals surface area contributed by atoms with Crippen molar-refractivity contribution >= 4 is 29.0 Å². The van der Waals surface area contributed by atoms with E-state index in [1.165, 1.54) is 6.08 Å². The zero-order valence-corrected chi connectivity index (χ0v) is 16.4. The fourth-order valence-electron chi connectivity index (χ4n) is 1.81. The van der Waals surface area contributed by atoms with E-state index < -0.39 is 0 Å². The molecule has 3 N–H and O–H groups in total. The Kier molecular flexibility index (Phi) is 14.8. The Hall–Kier alpha value is -1.07. The summed E-state index contributed by atoms with van der Waals surface area (Å²) in [6.07, 6.45) is 11.4. The number of nitrogens with zero attached hydrogens (tertiary/aromatic N) is 1. The molecule has 0 aliphatic rings. The molecule has 136 valence electrons. The Labute approximate surface area is 156 Å². The van der Waals surface area contributed by atoms with Crippen molar-refractivity contribution in [3.63, 3.8) is 0 Å². The number of amidine groups is 1. The van der Waals surface area contributed by atoms with Crippen molar-refractivity contribution in [1.29, 1.82) is 0 Å². The Bertz CT molecular complexity index is 468. The minimum absolute atomic E-state index is 0.260. The first kappa shape index (κ1) is 22.9. The van der Waals surface area contributed by atoms with E-state index in [1.54, 1.807) is 13.1 Å². The summed E-state index contributed by atoms with van der Waals surface area (Å²) >= 11 is 11.8. The molecule has 0 aromatic heterocycles. The third kappa shape index (κ3) is 12.4. The first-order valence-electron chi connectivity index (χ1n) is 8.19. The summed E-state index contributed by atoms with van der Waals surface area (Å²) in [5.41, 5.74) is 0. The summed E-state index contributed by atoms with van der Waals surface area (Å²) in [6, 6.07) is 0. The van der Waals surface area contributed by atoms with Crippen molar-refractivity contribution in [2.45, 2.75) is 32.9 Å². The van der Waals surface area contributed by atoms with Gasteiger partial charge in [0, 0.05) is 20.1 Å². The summed E-state index contributed by atoms with van der Waals surface area (Å²) in [5, 5.41) is 11.1. The lowest BCUT2D eigenvalue weighted by Gasteiger charge is -2.15. The van der Waals surface area contributed by atoms with Crippen LogP contribution in [0.3, 0.4) is 0 Å². The highest BCUT2D eigenvalue weighted by Crippen LogP contribution is 2.15. The molecule has 0 heterocycles. The molecule has 0 bridgehead atoms. The SMILES string of the molecule is C=C/C(Cl)=C(Cl)\C=C\CCNC(C)NCCCNC(/C=C\C)=NC. The minimum atomic E-state index is 0.260. The zero-order chi connectivity index (χ0) is 18.2. The Balaban J connectivity index is 3.72. The number of allylic oxidation sites excluding steroid dienone is 5. The molecule has 1 unspecified atom stereocenters. The van der Waals surface area contributed by atoms with Gasteiger partial charge in [0.15, 0.2) is 0 Å². The molecule has 0 aliphatic carbocycles. The molecular formula is C18H30Cl2N4. The molecule has 0 aromatic rings. The van der Waals surface area contributed by atoms with E-state index in [1.807, 2.05) is 25.2 Å². The Morgan fingerprint density at radius 2 is 1.83 bits per heavy atom. The molecule has 4 nitrogen and oxygen atoms in total. The van der Waals surface area contributed by atoms with Crippen LogP contribution in [0.15, 0.2) is 52.0 Å². The van der Waals surface area contributed by atoms with Gasteiger partial charge in [0.25, 0.3) is 0 Å². The van der Waals surface area contributed by atoms with E-state index in [0.717, 1.165) is 38.3 Å². The fourth-order valence-corrected chi connectivity index (χ4v) is 2.04. The Morgan fingerprint density at radius 1 is 1.12 bits per heavy atom. The van der Waals surface area contributed by atoms with Gasteiger partial charge in [0.1, 0.15) is 5.84 Å². The number of nitrogens with one attached hydrogen (secondary N) is 3. The summed E-state index contributed by atoms with van der Waals surface area (Å²) in [7, 11) is 1.79. The van der Waals surface area contributed by atoms with E-state index in [-0.39, 0.29) is 6.17 Å². The molecule has 24 heavy (non-hydrogen) atoms. The average molecular weight is 373 g/mol. The van der Waals surface area contributed by atoms with Crippen LogP contribution in [0.2, 0.25) is 0 Å². The molecule has 6 heteroatoms. The molecule has 0 saturated carbocycles. The van der Waals surface area contributed by atoms with E-state index in [4.69, 9.17) is 23.2 Å². The van der Waals surface area contributed by atoms with Gasteiger partial charge >= 0.3 is 0 Å². The maximum Gasteiger partial charge on any atom is 0.120 e. The molecule has 0 radical (unpaired) electrons. The van der Waals surface area contributed by atoms with Gasteiger partial charge in [-0.25, -0.2) is 0 Å². The van der Waals surface area contributed by atoms with Crippen molar-refractivity contribution in [1.82, 2.24) is 16.0 Å². The van der Waals surface area contributed by atoms with Crippen LogP contribution in [0.25, 0.3) is 0 Å². The second-order valence-electron chi connectivity index (χ2n) is 5.11. The molecule has 0 aliphatic heterocycles. The number of rotatable bonds is 12. The summed E-state index contributed by atoms with van der Waals surface area (Å²) < 4.78 is 0. The lowest BCUT2D eigenvalue weighted by Crippen LogP contribution is -2.41. The van der Waals surface area contributed by atoms with Crippen LogP contribution < -0.4 is 16.0 Å². The second-order valence-corrected chi connectivity index (χ2v) is 5.92. The van der Waals surface area contributed by atoms with Crippen LogP contribution in [0, 0.1) is 0 Å². The Morgan fingerprint density at radius 3 is 2.46 bits per heavy atom. The van der Waals surface area contributed by atoms with Crippen LogP contribution in [0.5, 0.6) is 0 Å². The van der Waals surface area contributed by atoms with Gasteiger partial charge in [-0.3, -0.25) is 4.99 Å². The highest BCUT2D eigenvalue weighted by atomic mass is 35.5. The maximum atomic E-state index is 5.96. The predicted octanol–water partition coefficient (Wildman–Crippen LogP) is 3.92. The maximum absolute atomic E-state index is 5.96. The molecule has 0 spiro atoms. The predicted molar refractivity (Wildman–Crippen MR) is 109 cm³/mol. The van der Waals surface area contributed by atoms with Crippen molar-refractivity contribution in [2.75, 3.05) is 26.7 Å². The van der Waals surface area contributed by atoms with Gasteiger partial charge in [-0.05, 0) is 51.5 Å². The molecular weight excluding hydrogens is 343 g/mol. The summed E-state index contributed by atoms with van der Waals surface area (Å²) in [6.45, 7) is 10.4. The highest BCUT2D eigenvalue weighted by molar-refractivity contribution is 6.41. The van der Waals surface area contributed by atoms with Crippen LogP contribution >= 0.6 is 23.2 Å².